The van der Waals surface area contributed by atoms with Gasteiger partial charge < -0.3 is 15.5 Å². The van der Waals surface area contributed by atoms with Crippen LogP contribution >= 0.6 is 24.0 Å². The lowest BCUT2D eigenvalue weighted by Crippen LogP contribution is -2.54. The Balaban J connectivity index is 0.00000288. The molecule has 1 heterocycles. The van der Waals surface area contributed by atoms with Gasteiger partial charge in [-0.05, 0) is 18.8 Å². The number of amides is 1. The van der Waals surface area contributed by atoms with Crippen molar-refractivity contribution < 1.29 is 4.79 Å². The van der Waals surface area contributed by atoms with Gasteiger partial charge in [-0.3, -0.25) is 14.7 Å². The molecule has 2 N–H and O–H groups in total. The Labute approximate surface area is 163 Å². The van der Waals surface area contributed by atoms with Gasteiger partial charge in [-0.15, -0.1) is 24.0 Å². The normalized spacial score (nSPS) is 19.2. The van der Waals surface area contributed by atoms with E-state index in [1.807, 2.05) is 7.05 Å². The molecule has 0 unspecified atom stereocenters. The van der Waals surface area contributed by atoms with Crippen LogP contribution in [0.5, 0.6) is 0 Å². The first-order chi connectivity index (χ1) is 11.2. The molecule has 0 aromatic carbocycles. The first-order valence-electron chi connectivity index (χ1n) is 9.13. The highest BCUT2D eigenvalue weighted by Crippen LogP contribution is 2.18. The van der Waals surface area contributed by atoms with E-state index in [9.17, 15) is 4.79 Å². The van der Waals surface area contributed by atoms with Crippen molar-refractivity contribution >= 4 is 35.8 Å². The van der Waals surface area contributed by atoms with Gasteiger partial charge in [-0.2, -0.15) is 0 Å². The number of halogens is 1. The van der Waals surface area contributed by atoms with Crippen LogP contribution in [0.1, 0.15) is 39.5 Å². The minimum Gasteiger partial charge on any atom is -0.356 e. The number of aliphatic imine (C=N–C) groups is 1. The van der Waals surface area contributed by atoms with Gasteiger partial charge in [-0.1, -0.05) is 26.7 Å². The van der Waals surface area contributed by atoms with Crippen LogP contribution in [0.15, 0.2) is 4.99 Å². The van der Waals surface area contributed by atoms with E-state index < -0.39 is 0 Å². The van der Waals surface area contributed by atoms with Crippen LogP contribution in [0.25, 0.3) is 0 Å². The second-order valence-corrected chi connectivity index (χ2v) is 6.72. The van der Waals surface area contributed by atoms with Gasteiger partial charge in [0, 0.05) is 45.8 Å². The predicted molar refractivity (Wildman–Crippen MR) is 110 cm³/mol. The van der Waals surface area contributed by atoms with Crippen molar-refractivity contribution in [3.63, 3.8) is 0 Å². The molecule has 7 heteroatoms. The summed E-state index contributed by atoms with van der Waals surface area (Å²) >= 11 is 0. The van der Waals surface area contributed by atoms with Crippen molar-refractivity contribution in [1.29, 1.82) is 0 Å². The van der Waals surface area contributed by atoms with Gasteiger partial charge in [0.15, 0.2) is 5.96 Å². The maximum Gasteiger partial charge on any atom is 0.234 e. The molecule has 2 fully saturated rings. The first-order valence-corrected chi connectivity index (χ1v) is 9.13. The van der Waals surface area contributed by atoms with Crippen LogP contribution in [0.2, 0.25) is 0 Å². The van der Waals surface area contributed by atoms with Crippen molar-refractivity contribution in [1.82, 2.24) is 20.4 Å². The van der Waals surface area contributed by atoms with Crippen molar-refractivity contribution in [2.24, 2.45) is 10.9 Å². The Bertz CT molecular complexity index is 402. The smallest absolute Gasteiger partial charge is 0.234 e. The monoisotopic (exact) mass is 451 g/mol. The number of hydrogen-bond donors (Lipinski definition) is 2. The molecule has 1 aliphatic carbocycles. The largest absolute Gasteiger partial charge is 0.356 e. The fourth-order valence-corrected chi connectivity index (χ4v) is 2.97. The van der Waals surface area contributed by atoms with Crippen molar-refractivity contribution in [3.05, 3.63) is 0 Å². The number of hydrogen-bond acceptors (Lipinski definition) is 3. The van der Waals surface area contributed by atoms with E-state index in [1.165, 1.54) is 12.8 Å². The minimum absolute atomic E-state index is 0. The number of piperazine rings is 1. The van der Waals surface area contributed by atoms with Crippen LogP contribution in [-0.2, 0) is 4.79 Å². The molecule has 1 saturated heterocycles. The molecule has 2 rings (SSSR count). The molecule has 0 radical (unpaired) electrons. The summed E-state index contributed by atoms with van der Waals surface area (Å²) in [6, 6.07) is 0.455. The fraction of sp³-hybridized carbons (Fsp3) is 0.882. The SMILES string of the molecule is CCC(CC)CNC(=NC)N1CCN(CC(=O)NC2CC2)CC1.I. The highest BCUT2D eigenvalue weighted by molar-refractivity contribution is 14.0. The van der Waals surface area contributed by atoms with Crippen molar-refractivity contribution in [3.8, 4) is 0 Å². The van der Waals surface area contributed by atoms with Crippen LogP contribution in [-0.4, -0.2) is 74.0 Å². The molecular formula is C17H34IN5O. The summed E-state index contributed by atoms with van der Waals surface area (Å²) in [4.78, 5) is 20.8. The molecule has 0 aromatic heterocycles. The molecule has 0 aromatic rings. The van der Waals surface area contributed by atoms with Gasteiger partial charge in [0.1, 0.15) is 0 Å². The summed E-state index contributed by atoms with van der Waals surface area (Å²) in [5.41, 5.74) is 0. The number of nitrogens with zero attached hydrogens (tertiary/aromatic N) is 3. The molecule has 1 amide bonds. The van der Waals surface area contributed by atoms with Crippen LogP contribution in [0.4, 0.5) is 0 Å². The molecule has 1 saturated carbocycles. The Morgan fingerprint density at radius 1 is 1.17 bits per heavy atom. The average molecular weight is 451 g/mol. The lowest BCUT2D eigenvalue weighted by Gasteiger charge is -2.36. The second-order valence-electron chi connectivity index (χ2n) is 6.72. The predicted octanol–water partition coefficient (Wildman–Crippen LogP) is 1.51. The van der Waals surface area contributed by atoms with E-state index in [1.54, 1.807) is 0 Å². The highest BCUT2D eigenvalue weighted by Gasteiger charge is 2.25. The summed E-state index contributed by atoms with van der Waals surface area (Å²) in [5, 5.41) is 6.57. The van der Waals surface area contributed by atoms with Gasteiger partial charge >= 0.3 is 0 Å². The zero-order valence-electron chi connectivity index (χ0n) is 15.4. The maximum absolute atomic E-state index is 11.9. The van der Waals surface area contributed by atoms with Gasteiger partial charge in [-0.25, -0.2) is 0 Å². The molecule has 140 valence electrons. The molecule has 0 bridgehead atoms. The average Bonchev–Trinajstić information content (AvgIpc) is 3.37. The second kappa shape index (κ2) is 11.1. The third kappa shape index (κ3) is 7.13. The lowest BCUT2D eigenvalue weighted by atomic mass is 10.0. The molecule has 2 aliphatic rings. The van der Waals surface area contributed by atoms with Gasteiger partial charge in [0.2, 0.25) is 5.91 Å². The molecule has 0 spiro atoms. The number of carbonyl (C=O) groups is 1. The highest BCUT2D eigenvalue weighted by atomic mass is 127. The standard InChI is InChI=1S/C17H33N5O.HI/c1-4-14(5-2)12-19-17(18-3)22-10-8-21(9-11-22)13-16(23)20-15-6-7-15;/h14-15H,4-13H2,1-3H3,(H,18,19)(H,20,23);1H. The third-order valence-electron chi connectivity index (χ3n) is 4.90. The summed E-state index contributed by atoms with van der Waals surface area (Å²) in [5.74, 6) is 1.88. The number of nitrogens with one attached hydrogen (secondary N) is 2. The van der Waals surface area contributed by atoms with E-state index in [-0.39, 0.29) is 29.9 Å². The number of rotatable bonds is 7. The molecule has 24 heavy (non-hydrogen) atoms. The molecule has 1 aliphatic heterocycles. The molecule has 6 nitrogen and oxygen atoms in total. The van der Waals surface area contributed by atoms with E-state index >= 15 is 0 Å². The zero-order chi connectivity index (χ0) is 16.7. The summed E-state index contributed by atoms with van der Waals surface area (Å²) in [6.07, 6.45) is 4.70. The zero-order valence-corrected chi connectivity index (χ0v) is 17.7. The quantitative estimate of drug-likeness (QED) is 0.350. The van der Waals surface area contributed by atoms with Gasteiger partial charge in [0.25, 0.3) is 0 Å². The van der Waals surface area contributed by atoms with E-state index in [0.717, 1.165) is 51.5 Å². The van der Waals surface area contributed by atoms with Crippen molar-refractivity contribution in [2.45, 2.75) is 45.6 Å². The lowest BCUT2D eigenvalue weighted by molar-refractivity contribution is -0.122. The van der Waals surface area contributed by atoms with Gasteiger partial charge in [0.05, 0.1) is 6.54 Å². The Morgan fingerprint density at radius 3 is 2.29 bits per heavy atom. The summed E-state index contributed by atoms with van der Waals surface area (Å²) in [6.45, 7) is 9.70. The topological polar surface area (TPSA) is 60.0 Å². The fourth-order valence-electron chi connectivity index (χ4n) is 2.97. The number of carbonyl (C=O) groups excluding carboxylic acids is 1. The Hall–Kier alpha value is -0.570. The third-order valence-corrected chi connectivity index (χ3v) is 4.90. The summed E-state index contributed by atoms with van der Waals surface area (Å²) < 4.78 is 0. The minimum atomic E-state index is 0. The molecular weight excluding hydrogens is 417 g/mol. The summed E-state index contributed by atoms with van der Waals surface area (Å²) in [7, 11) is 1.85. The Morgan fingerprint density at radius 2 is 1.79 bits per heavy atom. The molecule has 0 atom stereocenters. The maximum atomic E-state index is 11.9. The van der Waals surface area contributed by atoms with Crippen LogP contribution in [0.3, 0.4) is 0 Å². The van der Waals surface area contributed by atoms with E-state index in [0.29, 0.717) is 18.5 Å². The van der Waals surface area contributed by atoms with Crippen LogP contribution in [0, 0.1) is 5.92 Å². The van der Waals surface area contributed by atoms with E-state index in [2.05, 4.69) is 39.3 Å². The Kier molecular flexibility index (Phi) is 9.95. The number of guanidine groups is 1. The van der Waals surface area contributed by atoms with Crippen molar-refractivity contribution in [2.75, 3.05) is 46.3 Å². The van der Waals surface area contributed by atoms with E-state index in [4.69, 9.17) is 0 Å². The first kappa shape index (κ1) is 21.5. The van der Waals surface area contributed by atoms with Crippen LogP contribution < -0.4 is 10.6 Å².